The Hall–Kier alpha value is -3.53. The van der Waals surface area contributed by atoms with Crippen LogP contribution in [0.1, 0.15) is 10.4 Å². The topological polar surface area (TPSA) is 90.9 Å². The molecule has 0 atom stereocenters. The Labute approximate surface area is 124 Å². The number of nitro benzene ring substituents is 1. The van der Waals surface area contributed by atoms with Gasteiger partial charge in [-0.1, -0.05) is 23.3 Å². The van der Waals surface area contributed by atoms with Crippen LogP contribution < -0.4 is 0 Å². The lowest BCUT2D eigenvalue weighted by Crippen LogP contribution is -2.09. The summed E-state index contributed by atoms with van der Waals surface area (Å²) in [6.45, 7) is 0. The van der Waals surface area contributed by atoms with Crippen LogP contribution in [0, 0.1) is 22.0 Å². The molecule has 0 aliphatic rings. The number of hydrogen-bond donors (Lipinski definition) is 0. The van der Waals surface area contributed by atoms with Crippen molar-refractivity contribution in [3.8, 4) is 11.8 Å². The maximum Gasteiger partial charge on any atom is 0.325 e. The average Bonchev–Trinajstić information content (AvgIpc) is 2.97. The van der Waals surface area contributed by atoms with Crippen LogP contribution in [0.3, 0.4) is 0 Å². The molecule has 0 saturated heterocycles. The first-order chi connectivity index (χ1) is 10.6. The Balaban J connectivity index is 1.87. The molecule has 0 fully saturated rings. The van der Waals surface area contributed by atoms with E-state index in [1.54, 1.807) is 24.3 Å². The highest BCUT2D eigenvalue weighted by molar-refractivity contribution is 6.00. The number of fused-ring (bicyclic) bond motifs is 1. The van der Waals surface area contributed by atoms with E-state index in [1.165, 1.54) is 24.3 Å². The third-order valence-corrected chi connectivity index (χ3v) is 2.94. The number of nitro groups is 1. The van der Waals surface area contributed by atoms with Crippen molar-refractivity contribution in [2.24, 2.45) is 0 Å². The van der Waals surface area contributed by atoms with Crippen molar-refractivity contribution in [2.75, 3.05) is 0 Å². The van der Waals surface area contributed by atoms with Gasteiger partial charge in [-0.05, 0) is 24.3 Å². The first-order valence-corrected chi connectivity index (χ1v) is 6.26. The fourth-order valence-electron chi connectivity index (χ4n) is 1.86. The van der Waals surface area contributed by atoms with E-state index in [1.807, 2.05) is 0 Å². The molecule has 0 aliphatic heterocycles. The minimum atomic E-state index is -0.521. The van der Waals surface area contributed by atoms with Gasteiger partial charge in [-0.3, -0.25) is 14.9 Å². The molecular formula is C15H8N4O3. The van der Waals surface area contributed by atoms with Gasteiger partial charge in [-0.2, -0.15) is 4.68 Å². The zero-order valence-corrected chi connectivity index (χ0v) is 11.1. The number of non-ortho nitro benzene ring substituents is 1. The van der Waals surface area contributed by atoms with Crippen LogP contribution in [0.2, 0.25) is 0 Å². The molecule has 7 heteroatoms. The van der Waals surface area contributed by atoms with E-state index in [0.29, 0.717) is 16.6 Å². The second-order valence-electron chi connectivity index (χ2n) is 4.35. The van der Waals surface area contributed by atoms with E-state index >= 15 is 0 Å². The molecule has 1 aromatic heterocycles. The minimum absolute atomic E-state index is 0.0286. The predicted molar refractivity (Wildman–Crippen MR) is 78.1 cm³/mol. The van der Waals surface area contributed by atoms with Crippen LogP contribution in [0.5, 0.6) is 0 Å². The molecule has 0 saturated carbocycles. The number of rotatable bonds is 1. The van der Waals surface area contributed by atoms with Gasteiger partial charge in [0, 0.05) is 23.6 Å². The van der Waals surface area contributed by atoms with E-state index in [2.05, 4.69) is 22.2 Å². The van der Waals surface area contributed by atoms with Crippen molar-refractivity contribution >= 4 is 22.6 Å². The number of aromatic nitrogens is 3. The Morgan fingerprint density at radius 2 is 1.86 bits per heavy atom. The molecule has 0 N–H and O–H groups in total. The van der Waals surface area contributed by atoms with Crippen molar-refractivity contribution in [3.63, 3.8) is 0 Å². The van der Waals surface area contributed by atoms with Gasteiger partial charge in [0.05, 0.1) is 10.4 Å². The number of nitrogens with zero attached hydrogens (tertiary/aromatic N) is 4. The molecule has 0 aliphatic carbocycles. The maximum absolute atomic E-state index is 12.0. The van der Waals surface area contributed by atoms with Crippen molar-refractivity contribution in [1.29, 1.82) is 0 Å². The smallest absolute Gasteiger partial charge is 0.258 e. The number of para-hydroxylation sites is 1. The lowest BCUT2D eigenvalue weighted by molar-refractivity contribution is -0.384. The molecule has 0 unspecified atom stereocenters. The summed E-state index contributed by atoms with van der Waals surface area (Å²) in [4.78, 5) is 22.1. The average molecular weight is 292 g/mol. The quantitative estimate of drug-likeness (QED) is 0.389. The van der Waals surface area contributed by atoms with Crippen LogP contribution >= 0.6 is 0 Å². The number of carbonyl (C=O) groups is 1. The summed E-state index contributed by atoms with van der Waals surface area (Å²) in [7, 11) is 0. The van der Waals surface area contributed by atoms with Gasteiger partial charge < -0.3 is 0 Å². The molecule has 2 aromatic carbocycles. The predicted octanol–water partition coefficient (Wildman–Crippen LogP) is 2.03. The van der Waals surface area contributed by atoms with Crippen molar-refractivity contribution < 1.29 is 9.72 Å². The summed E-state index contributed by atoms with van der Waals surface area (Å²) < 4.78 is 1.12. The Morgan fingerprint density at radius 1 is 1.14 bits per heavy atom. The molecule has 0 bridgehead atoms. The molecule has 7 nitrogen and oxygen atoms in total. The summed E-state index contributed by atoms with van der Waals surface area (Å²) in [6.07, 6.45) is 0. The fraction of sp³-hybridized carbons (Fsp3) is 0. The molecule has 22 heavy (non-hydrogen) atoms. The molecule has 0 radical (unpaired) electrons. The monoisotopic (exact) mass is 292 g/mol. The van der Waals surface area contributed by atoms with Gasteiger partial charge in [0.2, 0.25) is 0 Å². The lowest BCUT2D eigenvalue weighted by Gasteiger charge is -1.93. The van der Waals surface area contributed by atoms with Gasteiger partial charge in [-0.15, -0.1) is 5.10 Å². The molecule has 3 aromatic rings. The van der Waals surface area contributed by atoms with Crippen LogP contribution in [0.25, 0.3) is 11.0 Å². The molecular weight excluding hydrogens is 284 g/mol. The van der Waals surface area contributed by atoms with Crippen LogP contribution in [0.4, 0.5) is 5.69 Å². The largest absolute Gasteiger partial charge is 0.325 e. The maximum atomic E-state index is 12.0. The third-order valence-electron chi connectivity index (χ3n) is 2.94. The molecule has 0 spiro atoms. The van der Waals surface area contributed by atoms with Gasteiger partial charge in [0.1, 0.15) is 5.52 Å². The molecule has 1 heterocycles. The van der Waals surface area contributed by atoms with Gasteiger partial charge in [0.15, 0.2) is 0 Å². The van der Waals surface area contributed by atoms with Crippen molar-refractivity contribution in [1.82, 2.24) is 15.0 Å². The lowest BCUT2D eigenvalue weighted by atomic mass is 10.2. The van der Waals surface area contributed by atoms with E-state index in [-0.39, 0.29) is 5.69 Å². The second kappa shape index (κ2) is 5.46. The van der Waals surface area contributed by atoms with Crippen LogP contribution in [0.15, 0.2) is 48.5 Å². The molecule has 106 valence electrons. The Kier molecular flexibility index (Phi) is 3.34. The third kappa shape index (κ3) is 2.53. The summed E-state index contributed by atoms with van der Waals surface area (Å²) >= 11 is 0. The van der Waals surface area contributed by atoms with Crippen molar-refractivity contribution in [2.45, 2.75) is 0 Å². The summed E-state index contributed by atoms with van der Waals surface area (Å²) in [6, 6.07) is 12.7. The van der Waals surface area contributed by atoms with Crippen LogP contribution in [-0.2, 0) is 0 Å². The highest BCUT2D eigenvalue weighted by atomic mass is 16.6. The molecule has 3 rings (SSSR count). The van der Waals surface area contributed by atoms with Crippen LogP contribution in [-0.4, -0.2) is 25.8 Å². The van der Waals surface area contributed by atoms with E-state index in [4.69, 9.17) is 0 Å². The Morgan fingerprint density at radius 3 is 2.59 bits per heavy atom. The van der Waals surface area contributed by atoms with E-state index in [9.17, 15) is 14.9 Å². The summed E-state index contributed by atoms with van der Waals surface area (Å²) in [5.41, 5.74) is 1.65. The molecule has 0 amide bonds. The zero-order valence-electron chi connectivity index (χ0n) is 11.1. The number of carbonyl (C=O) groups excluding carboxylic acids is 1. The standard InChI is InChI=1S/C15H8N4O3/c20-15(18-14-4-2-1-3-13(14)16-17-18)10-7-11-5-8-12(9-6-11)19(21)22/h1-6,8-9H. The SMILES string of the molecule is O=C(C#Cc1ccc([N+](=O)[O-])cc1)n1nnc2ccccc21. The normalized spacial score (nSPS) is 10.0. The highest BCUT2D eigenvalue weighted by Crippen LogP contribution is 2.11. The van der Waals surface area contributed by atoms with E-state index < -0.39 is 10.8 Å². The van der Waals surface area contributed by atoms with Gasteiger partial charge >= 0.3 is 5.91 Å². The number of benzene rings is 2. The zero-order chi connectivity index (χ0) is 15.5. The Bertz CT molecular complexity index is 933. The fourth-order valence-corrected chi connectivity index (χ4v) is 1.86. The first kappa shape index (κ1) is 13.5. The summed E-state index contributed by atoms with van der Waals surface area (Å²) in [5, 5.41) is 18.2. The highest BCUT2D eigenvalue weighted by Gasteiger charge is 2.08. The first-order valence-electron chi connectivity index (χ1n) is 6.26. The van der Waals surface area contributed by atoms with Gasteiger partial charge in [-0.25, -0.2) is 0 Å². The van der Waals surface area contributed by atoms with Crippen molar-refractivity contribution in [3.05, 3.63) is 64.2 Å². The second-order valence-corrected chi connectivity index (χ2v) is 4.35. The van der Waals surface area contributed by atoms with E-state index in [0.717, 1.165) is 4.68 Å². The summed E-state index contributed by atoms with van der Waals surface area (Å²) in [5.74, 6) is 4.58. The minimum Gasteiger partial charge on any atom is -0.258 e. The number of hydrogen-bond acceptors (Lipinski definition) is 5. The van der Waals surface area contributed by atoms with Gasteiger partial charge in [0.25, 0.3) is 5.69 Å².